The third-order valence-electron chi connectivity index (χ3n) is 2.73. The minimum absolute atomic E-state index is 0.180. The van der Waals surface area contributed by atoms with E-state index in [9.17, 15) is 4.79 Å². The van der Waals surface area contributed by atoms with Crippen LogP contribution >= 0.6 is 0 Å². The first-order valence-electron chi connectivity index (χ1n) is 6.41. The topological polar surface area (TPSA) is 63.2 Å². The van der Waals surface area contributed by atoms with Crippen LogP contribution in [0.3, 0.4) is 0 Å². The lowest BCUT2D eigenvalue weighted by Gasteiger charge is -2.09. The van der Waals surface area contributed by atoms with Crippen molar-refractivity contribution in [2.24, 2.45) is 0 Å². The summed E-state index contributed by atoms with van der Waals surface area (Å²) in [6, 6.07) is 10.8. The molecule has 1 amide bonds. The number of anilines is 2. The number of rotatable bonds is 5. The maximum Gasteiger partial charge on any atom is 0.257 e. The Morgan fingerprint density at radius 3 is 2.70 bits per heavy atom. The highest BCUT2D eigenvalue weighted by Crippen LogP contribution is 2.17. The fraction of sp³-hybridized carbons (Fsp3) is 0.200. The number of hydrogen-bond acceptors (Lipinski definition) is 4. The van der Waals surface area contributed by atoms with Crippen molar-refractivity contribution in [3.05, 3.63) is 48.2 Å². The van der Waals surface area contributed by atoms with Gasteiger partial charge in [-0.05, 0) is 25.1 Å². The zero-order valence-corrected chi connectivity index (χ0v) is 11.5. The molecule has 2 aromatic rings. The van der Waals surface area contributed by atoms with Gasteiger partial charge in [0, 0.05) is 18.8 Å². The summed E-state index contributed by atoms with van der Waals surface area (Å²) in [5.74, 6) is 0.363. The van der Waals surface area contributed by atoms with Gasteiger partial charge in [-0.25, -0.2) is 4.98 Å². The van der Waals surface area contributed by atoms with E-state index in [-0.39, 0.29) is 5.91 Å². The molecular formula is C15H17N3O2. The Labute approximate surface area is 118 Å². The average molecular weight is 271 g/mol. The van der Waals surface area contributed by atoms with Crippen molar-refractivity contribution < 1.29 is 9.53 Å². The minimum atomic E-state index is -0.180. The van der Waals surface area contributed by atoms with Gasteiger partial charge in [-0.15, -0.1) is 0 Å². The van der Waals surface area contributed by atoms with Gasteiger partial charge in [0.15, 0.2) is 0 Å². The summed E-state index contributed by atoms with van der Waals surface area (Å²) < 4.78 is 5.25. The summed E-state index contributed by atoms with van der Waals surface area (Å²) >= 11 is 0. The number of benzene rings is 1. The van der Waals surface area contributed by atoms with Gasteiger partial charge in [-0.1, -0.05) is 12.1 Å². The lowest BCUT2D eigenvalue weighted by Crippen LogP contribution is -2.14. The largest absolute Gasteiger partial charge is 0.478 e. The molecule has 20 heavy (non-hydrogen) atoms. The molecule has 2 rings (SSSR count). The van der Waals surface area contributed by atoms with Gasteiger partial charge in [-0.2, -0.15) is 0 Å². The molecule has 0 bridgehead atoms. The lowest BCUT2D eigenvalue weighted by molar-refractivity contribution is 0.102. The Hall–Kier alpha value is -2.56. The number of nitrogens with zero attached hydrogens (tertiary/aromatic N) is 1. The lowest BCUT2D eigenvalue weighted by atomic mass is 10.1. The number of carbonyl (C=O) groups excluding carboxylic acids is 1. The highest BCUT2D eigenvalue weighted by atomic mass is 16.5. The molecule has 5 nitrogen and oxygen atoms in total. The predicted octanol–water partition coefficient (Wildman–Crippen LogP) is 2.77. The third kappa shape index (κ3) is 3.26. The molecule has 5 heteroatoms. The average Bonchev–Trinajstić information content (AvgIpc) is 2.49. The number of para-hydroxylation sites is 1. The van der Waals surface area contributed by atoms with Crippen LogP contribution in [0.4, 0.5) is 11.4 Å². The summed E-state index contributed by atoms with van der Waals surface area (Å²) in [6.07, 6.45) is 1.57. The van der Waals surface area contributed by atoms with E-state index in [0.29, 0.717) is 23.7 Å². The Morgan fingerprint density at radius 1 is 1.25 bits per heavy atom. The summed E-state index contributed by atoms with van der Waals surface area (Å²) in [5, 5.41) is 5.80. The van der Waals surface area contributed by atoms with Crippen molar-refractivity contribution in [3.63, 3.8) is 0 Å². The van der Waals surface area contributed by atoms with Gasteiger partial charge >= 0.3 is 0 Å². The van der Waals surface area contributed by atoms with Crippen LogP contribution in [-0.4, -0.2) is 24.5 Å². The molecule has 0 unspecified atom stereocenters. The summed E-state index contributed by atoms with van der Waals surface area (Å²) in [6.45, 7) is 2.46. The Morgan fingerprint density at radius 2 is 2.05 bits per heavy atom. The smallest absolute Gasteiger partial charge is 0.257 e. The molecule has 0 aliphatic rings. The molecule has 1 aromatic carbocycles. The number of hydrogen-bond donors (Lipinski definition) is 2. The van der Waals surface area contributed by atoms with Gasteiger partial charge in [0.2, 0.25) is 5.88 Å². The monoisotopic (exact) mass is 271 g/mol. The first kappa shape index (κ1) is 13.9. The number of nitrogens with one attached hydrogen (secondary N) is 2. The zero-order chi connectivity index (χ0) is 14.4. The van der Waals surface area contributed by atoms with Crippen LogP contribution in [0.2, 0.25) is 0 Å². The molecule has 0 saturated heterocycles. The molecule has 0 aliphatic heterocycles. The van der Waals surface area contributed by atoms with Crippen LogP contribution in [0.15, 0.2) is 42.6 Å². The first-order valence-corrected chi connectivity index (χ1v) is 6.41. The van der Waals surface area contributed by atoms with Gasteiger partial charge in [-0.3, -0.25) is 4.79 Å². The van der Waals surface area contributed by atoms with Crippen LogP contribution in [0.5, 0.6) is 5.88 Å². The summed E-state index contributed by atoms with van der Waals surface area (Å²) in [5.41, 5.74) is 2.00. The number of aromatic nitrogens is 1. The highest BCUT2D eigenvalue weighted by Gasteiger charge is 2.10. The second kappa shape index (κ2) is 6.56. The van der Waals surface area contributed by atoms with Crippen molar-refractivity contribution in [2.75, 3.05) is 24.3 Å². The standard InChI is InChI=1S/C15H17N3O2/c1-3-20-14-9-8-11(10-17-14)18-15(19)12-6-4-5-7-13(12)16-2/h4-10,16H,3H2,1-2H3,(H,18,19). The highest BCUT2D eigenvalue weighted by molar-refractivity contribution is 6.07. The molecule has 1 aromatic heterocycles. The van der Waals surface area contributed by atoms with E-state index < -0.39 is 0 Å². The van der Waals surface area contributed by atoms with Crippen LogP contribution in [-0.2, 0) is 0 Å². The fourth-order valence-corrected chi connectivity index (χ4v) is 1.79. The maximum atomic E-state index is 12.2. The zero-order valence-electron chi connectivity index (χ0n) is 11.5. The molecule has 0 aliphatic carbocycles. The first-order chi connectivity index (χ1) is 9.74. The van der Waals surface area contributed by atoms with Crippen molar-refractivity contribution in [2.45, 2.75) is 6.92 Å². The Bertz CT molecular complexity index is 582. The Balaban J connectivity index is 2.11. The molecule has 1 heterocycles. The molecule has 104 valence electrons. The van der Waals surface area contributed by atoms with Crippen LogP contribution in [0.25, 0.3) is 0 Å². The second-order valence-electron chi connectivity index (χ2n) is 4.07. The van der Waals surface area contributed by atoms with Crippen LogP contribution < -0.4 is 15.4 Å². The molecule has 2 N–H and O–H groups in total. The van der Waals surface area contributed by atoms with E-state index in [0.717, 1.165) is 5.69 Å². The number of amides is 1. The van der Waals surface area contributed by atoms with E-state index >= 15 is 0 Å². The molecular weight excluding hydrogens is 254 g/mol. The van der Waals surface area contributed by atoms with Gasteiger partial charge in [0.25, 0.3) is 5.91 Å². The van der Waals surface area contributed by atoms with E-state index in [1.54, 1.807) is 31.4 Å². The van der Waals surface area contributed by atoms with E-state index in [1.165, 1.54) is 0 Å². The fourth-order valence-electron chi connectivity index (χ4n) is 1.79. The van der Waals surface area contributed by atoms with Gasteiger partial charge in [0.05, 0.1) is 24.1 Å². The number of carbonyl (C=O) groups is 1. The van der Waals surface area contributed by atoms with Crippen molar-refractivity contribution >= 4 is 17.3 Å². The van der Waals surface area contributed by atoms with Crippen molar-refractivity contribution in [1.82, 2.24) is 4.98 Å². The molecule has 0 radical (unpaired) electrons. The number of pyridine rings is 1. The SMILES string of the molecule is CCOc1ccc(NC(=O)c2ccccc2NC)cn1. The minimum Gasteiger partial charge on any atom is -0.478 e. The summed E-state index contributed by atoms with van der Waals surface area (Å²) in [7, 11) is 1.78. The second-order valence-corrected chi connectivity index (χ2v) is 4.07. The molecule has 0 atom stereocenters. The van der Waals surface area contributed by atoms with Crippen LogP contribution in [0.1, 0.15) is 17.3 Å². The van der Waals surface area contributed by atoms with E-state index in [4.69, 9.17) is 4.74 Å². The van der Waals surface area contributed by atoms with E-state index in [2.05, 4.69) is 15.6 Å². The summed E-state index contributed by atoms with van der Waals surface area (Å²) in [4.78, 5) is 16.3. The van der Waals surface area contributed by atoms with Gasteiger partial charge < -0.3 is 15.4 Å². The predicted molar refractivity (Wildman–Crippen MR) is 79.3 cm³/mol. The number of ether oxygens (including phenoxy) is 1. The van der Waals surface area contributed by atoms with E-state index in [1.807, 2.05) is 25.1 Å². The molecule has 0 spiro atoms. The quantitative estimate of drug-likeness (QED) is 0.877. The Kier molecular flexibility index (Phi) is 4.55. The normalized spacial score (nSPS) is 9.90. The van der Waals surface area contributed by atoms with Crippen molar-refractivity contribution in [3.8, 4) is 5.88 Å². The molecule has 0 fully saturated rings. The third-order valence-corrected chi connectivity index (χ3v) is 2.73. The van der Waals surface area contributed by atoms with Crippen molar-refractivity contribution in [1.29, 1.82) is 0 Å². The molecule has 0 saturated carbocycles. The maximum absolute atomic E-state index is 12.2. The van der Waals surface area contributed by atoms with Gasteiger partial charge in [0.1, 0.15) is 0 Å². The van der Waals surface area contributed by atoms with Crippen LogP contribution in [0, 0.1) is 0 Å².